The lowest BCUT2D eigenvalue weighted by molar-refractivity contribution is 0.0770. The van der Waals surface area contributed by atoms with Crippen molar-refractivity contribution in [1.29, 1.82) is 0 Å². The first kappa shape index (κ1) is 24.2. The third kappa shape index (κ3) is 5.41. The Bertz CT molecular complexity index is 1060. The molecule has 0 unspecified atom stereocenters. The molecule has 1 aromatic heterocycles. The van der Waals surface area contributed by atoms with Gasteiger partial charge in [-0.25, -0.2) is 0 Å². The summed E-state index contributed by atoms with van der Waals surface area (Å²) in [6.07, 6.45) is 8.43. The maximum Gasteiger partial charge on any atom is 0.259 e. The Morgan fingerprint density at radius 1 is 1.00 bits per heavy atom. The zero-order valence-corrected chi connectivity index (χ0v) is 20.3. The van der Waals surface area contributed by atoms with E-state index in [-0.39, 0.29) is 35.0 Å². The smallest absolute Gasteiger partial charge is 0.259 e. The Kier molecular flexibility index (Phi) is 7.83. The summed E-state index contributed by atoms with van der Waals surface area (Å²) < 4.78 is 1.94. The summed E-state index contributed by atoms with van der Waals surface area (Å²) >= 11 is 0. The number of amides is 2. The van der Waals surface area contributed by atoms with Crippen LogP contribution in [-0.2, 0) is 6.54 Å². The maximum atomic E-state index is 13.3. The van der Waals surface area contributed by atoms with E-state index in [9.17, 15) is 14.4 Å². The van der Waals surface area contributed by atoms with E-state index < -0.39 is 5.43 Å². The van der Waals surface area contributed by atoms with Gasteiger partial charge in [0.15, 0.2) is 0 Å². The van der Waals surface area contributed by atoms with Gasteiger partial charge in [0.2, 0.25) is 5.43 Å². The molecular formula is C27H36N4O3. The van der Waals surface area contributed by atoms with Crippen molar-refractivity contribution in [2.24, 2.45) is 0 Å². The van der Waals surface area contributed by atoms with Gasteiger partial charge in [-0.1, -0.05) is 43.2 Å². The SMILES string of the molecule is CCN(CC)C(=O)c1cn(C2CCCC2)cc(C(=O)N[C@H]2CCN(Cc3ccccc3)C2)c1=O. The molecule has 0 spiro atoms. The van der Waals surface area contributed by atoms with E-state index in [1.807, 2.05) is 36.6 Å². The molecule has 1 N–H and O–H groups in total. The van der Waals surface area contributed by atoms with Crippen LogP contribution < -0.4 is 10.7 Å². The summed E-state index contributed by atoms with van der Waals surface area (Å²) in [7, 11) is 0. The van der Waals surface area contributed by atoms with Gasteiger partial charge >= 0.3 is 0 Å². The summed E-state index contributed by atoms with van der Waals surface area (Å²) in [6, 6.07) is 10.5. The van der Waals surface area contributed by atoms with Gasteiger partial charge in [-0.2, -0.15) is 0 Å². The zero-order chi connectivity index (χ0) is 24.1. The van der Waals surface area contributed by atoms with Crippen LogP contribution in [0.25, 0.3) is 0 Å². The van der Waals surface area contributed by atoms with Crippen LogP contribution in [-0.4, -0.2) is 58.4 Å². The molecule has 2 aliphatic rings. The summed E-state index contributed by atoms with van der Waals surface area (Å²) in [5.74, 6) is -0.677. The Morgan fingerprint density at radius 3 is 2.35 bits per heavy atom. The van der Waals surface area contributed by atoms with Crippen LogP contribution >= 0.6 is 0 Å². The number of nitrogens with zero attached hydrogens (tertiary/aromatic N) is 3. The minimum atomic E-state index is -0.470. The number of pyridine rings is 1. The van der Waals surface area contributed by atoms with Gasteiger partial charge in [-0.3, -0.25) is 19.3 Å². The van der Waals surface area contributed by atoms with Crippen molar-refractivity contribution in [2.75, 3.05) is 26.2 Å². The zero-order valence-electron chi connectivity index (χ0n) is 20.3. The highest BCUT2D eigenvalue weighted by Crippen LogP contribution is 2.29. The minimum absolute atomic E-state index is 0.0160. The van der Waals surface area contributed by atoms with Crippen molar-refractivity contribution in [2.45, 2.75) is 64.6 Å². The highest BCUT2D eigenvalue weighted by atomic mass is 16.2. The van der Waals surface area contributed by atoms with E-state index in [2.05, 4.69) is 22.3 Å². The lowest BCUT2D eigenvalue weighted by atomic mass is 10.1. The fourth-order valence-electron chi connectivity index (χ4n) is 5.21. The molecule has 1 saturated carbocycles. The normalized spacial score (nSPS) is 18.8. The van der Waals surface area contributed by atoms with E-state index in [1.54, 1.807) is 17.3 Å². The van der Waals surface area contributed by atoms with Gasteiger partial charge in [-0.05, 0) is 38.7 Å². The van der Waals surface area contributed by atoms with Gasteiger partial charge in [0.25, 0.3) is 11.8 Å². The molecule has 2 heterocycles. The first-order valence-electron chi connectivity index (χ1n) is 12.6. The largest absolute Gasteiger partial charge is 0.349 e. The van der Waals surface area contributed by atoms with E-state index in [1.165, 1.54) is 5.56 Å². The summed E-state index contributed by atoms with van der Waals surface area (Å²) in [5, 5.41) is 3.07. The highest BCUT2D eigenvalue weighted by Gasteiger charge is 2.28. The number of hydrogen-bond acceptors (Lipinski definition) is 4. The number of hydrogen-bond donors (Lipinski definition) is 1. The maximum absolute atomic E-state index is 13.3. The molecule has 0 radical (unpaired) electrons. The van der Waals surface area contributed by atoms with Crippen LogP contribution in [0.15, 0.2) is 47.5 Å². The minimum Gasteiger partial charge on any atom is -0.349 e. The quantitative estimate of drug-likeness (QED) is 0.649. The Morgan fingerprint density at radius 2 is 1.68 bits per heavy atom. The number of nitrogens with one attached hydrogen (secondary N) is 1. The summed E-state index contributed by atoms with van der Waals surface area (Å²) in [4.78, 5) is 43.6. The molecule has 0 bridgehead atoms. The average molecular weight is 465 g/mol. The second-order valence-corrected chi connectivity index (χ2v) is 9.46. The van der Waals surface area contributed by atoms with Crippen molar-refractivity contribution in [1.82, 2.24) is 19.7 Å². The number of rotatable bonds is 8. The molecule has 1 aliphatic heterocycles. The van der Waals surface area contributed by atoms with Crippen LogP contribution in [0.1, 0.15) is 78.3 Å². The molecule has 2 fully saturated rings. The van der Waals surface area contributed by atoms with Crippen molar-refractivity contribution >= 4 is 11.8 Å². The first-order valence-corrected chi connectivity index (χ1v) is 12.6. The van der Waals surface area contributed by atoms with Crippen molar-refractivity contribution in [3.05, 3.63) is 69.6 Å². The molecule has 182 valence electrons. The molecule has 1 saturated heterocycles. The summed E-state index contributed by atoms with van der Waals surface area (Å²) in [5.41, 5.74) is 0.950. The molecule has 2 aromatic rings. The lowest BCUT2D eigenvalue weighted by Gasteiger charge is -2.22. The van der Waals surface area contributed by atoms with Crippen LogP contribution in [0.4, 0.5) is 0 Å². The fourth-order valence-corrected chi connectivity index (χ4v) is 5.21. The molecule has 7 nitrogen and oxygen atoms in total. The predicted octanol–water partition coefficient (Wildman–Crippen LogP) is 3.45. The predicted molar refractivity (Wildman–Crippen MR) is 133 cm³/mol. The molecule has 1 aliphatic carbocycles. The first-order chi connectivity index (χ1) is 16.5. The summed E-state index contributed by atoms with van der Waals surface area (Å²) in [6.45, 7) is 7.32. The second-order valence-electron chi connectivity index (χ2n) is 9.46. The van der Waals surface area contributed by atoms with Gasteiger partial charge in [0, 0.05) is 57.2 Å². The van der Waals surface area contributed by atoms with Crippen molar-refractivity contribution in [3.63, 3.8) is 0 Å². The Labute approximate surface area is 201 Å². The fraction of sp³-hybridized carbons (Fsp3) is 0.519. The number of carbonyl (C=O) groups is 2. The third-order valence-electron chi connectivity index (χ3n) is 7.17. The van der Waals surface area contributed by atoms with Crippen LogP contribution in [0.3, 0.4) is 0 Å². The molecule has 4 rings (SSSR count). The van der Waals surface area contributed by atoms with Gasteiger partial charge in [-0.15, -0.1) is 0 Å². The van der Waals surface area contributed by atoms with Crippen molar-refractivity contribution < 1.29 is 9.59 Å². The van der Waals surface area contributed by atoms with Crippen LogP contribution in [0.5, 0.6) is 0 Å². The molecule has 34 heavy (non-hydrogen) atoms. The molecule has 1 atom stereocenters. The van der Waals surface area contributed by atoms with E-state index in [0.29, 0.717) is 13.1 Å². The van der Waals surface area contributed by atoms with E-state index >= 15 is 0 Å². The van der Waals surface area contributed by atoms with Crippen LogP contribution in [0.2, 0.25) is 0 Å². The van der Waals surface area contributed by atoms with Gasteiger partial charge in [0.05, 0.1) is 0 Å². The third-order valence-corrected chi connectivity index (χ3v) is 7.17. The molecule has 7 heteroatoms. The van der Waals surface area contributed by atoms with E-state index in [0.717, 1.165) is 51.7 Å². The lowest BCUT2D eigenvalue weighted by Crippen LogP contribution is -2.41. The Balaban J connectivity index is 1.53. The molecule has 2 amide bonds. The average Bonchev–Trinajstić information content (AvgIpc) is 3.53. The highest BCUT2D eigenvalue weighted by molar-refractivity contribution is 5.99. The van der Waals surface area contributed by atoms with Gasteiger partial charge < -0.3 is 14.8 Å². The standard InChI is InChI=1S/C27H36N4O3/c1-3-30(4-2)27(34)24-19-31(22-12-8-9-13-22)18-23(25(24)32)26(33)28-21-14-15-29(17-21)16-20-10-6-5-7-11-20/h5-7,10-11,18-19,21-22H,3-4,8-9,12-17H2,1-2H3,(H,28,33)/t21-/m0/s1. The van der Waals surface area contributed by atoms with Gasteiger partial charge in [0.1, 0.15) is 11.1 Å². The van der Waals surface area contributed by atoms with E-state index in [4.69, 9.17) is 0 Å². The number of benzene rings is 1. The number of aromatic nitrogens is 1. The van der Waals surface area contributed by atoms with Crippen LogP contribution in [0, 0.1) is 0 Å². The number of likely N-dealkylation sites (tertiary alicyclic amines) is 1. The second kappa shape index (κ2) is 11.0. The molecular weight excluding hydrogens is 428 g/mol. The monoisotopic (exact) mass is 464 g/mol. The Hall–Kier alpha value is -2.93. The van der Waals surface area contributed by atoms with Crippen molar-refractivity contribution in [3.8, 4) is 0 Å². The number of carbonyl (C=O) groups excluding carboxylic acids is 2. The topological polar surface area (TPSA) is 74.7 Å². The molecule has 1 aromatic carbocycles.